The minimum atomic E-state index is -0.495. The Hall–Kier alpha value is -0.570. The van der Waals surface area contributed by atoms with Gasteiger partial charge < -0.3 is 4.85 Å². The third-order valence-electron chi connectivity index (χ3n) is 3.00. The fraction of sp³-hybridized carbons (Fsp3) is 0.636. The van der Waals surface area contributed by atoms with Gasteiger partial charge in [0.2, 0.25) is 0 Å². The number of aromatic nitrogens is 2. The van der Waals surface area contributed by atoms with Crippen LogP contribution in [-0.4, -0.2) is 9.78 Å². The molecule has 0 N–H and O–H groups in total. The molecule has 15 heavy (non-hydrogen) atoms. The smallest absolute Gasteiger partial charge is 0.271 e. The van der Waals surface area contributed by atoms with Crippen molar-refractivity contribution in [1.29, 1.82) is 0 Å². The number of hydrogen-bond acceptors (Lipinski definition) is 1. The van der Waals surface area contributed by atoms with E-state index < -0.39 is 5.54 Å². The third kappa shape index (κ3) is 1.89. The first-order valence-electron chi connectivity index (χ1n) is 5.18. The molecule has 1 saturated carbocycles. The first-order valence-corrected chi connectivity index (χ1v) is 6.26. The normalized spacial score (nSPS) is 17.2. The standard InChI is InChI=1S/C11H14IN3/c1-11(2,13-3)10-9(12)7-15(14-10)8-5-4-6-8/h7-8H,4-6H2,1-2H3. The van der Waals surface area contributed by atoms with Crippen LogP contribution in [0, 0.1) is 10.1 Å². The van der Waals surface area contributed by atoms with E-state index in [9.17, 15) is 0 Å². The van der Waals surface area contributed by atoms with Crippen LogP contribution in [0.2, 0.25) is 0 Å². The van der Waals surface area contributed by atoms with Crippen LogP contribution in [-0.2, 0) is 5.54 Å². The molecule has 0 atom stereocenters. The van der Waals surface area contributed by atoms with Crippen LogP contribution < -0.4 is 0 Å². The van der Waals surface area contributed by atoms with E-state index >= 15 is 0 Å². The van der Waals surface area contributed by atoms with Gasteiger partial charge in [-0.15, -0.1) is 0 Å². The van der Waals surface area contributed by atoms with Crippen LogP contribution in [0.5, 0.6) is 0 Å². The predicted octanol–water partition coefficient (Wildman–Crippen LogP) is 3.37. The van der Waals surface area contributed by atoms with E-state index in [0.29, 0.717) is 6.04 Å². The van der Waals surface area contributed by atoms with Gasteiger partial charge in [-0.3, -0.25) is 4.68 Å². The Morgan fingerprint density at radius 2 is 2.27 bits per heavy atom. The molecule has 1 aromatic heterocycles. The predicted molar refractivity (Wildman–Crippen MR) is 67.5 cm³/mol. The summed E-state index contributed by atoms with van der Waals surface area (Å²) in [4.78, 5) is 3.64. The van der Waals surface area contributed by atoms with Crippen LogP contribution in [0.25, 0.3) is 4.85 Å². The zero-order chi connectivity index (χ0) is 11.1. The topological polar surface area (TPSA) is 22.2 Å². The summed E-state index contributed by atoms with van der Waals surface area (Å²) in [6.07, 6.45) is 5.85. The fourth-order valence-electron chi connectivity index (χ4n) is 1.68. The van der Waals surface area contributed by atoms with E-state index in [0.717, 1.165) is 9.26 Å². The molecule has 1 aliphatic rings. The van der Waals surface area contributed by atoms with Gasteiger partial charge in [0.15, 0.2) is 5.69 Å². The van der Waals surface area contributed by atoms with Gasteiger partial charge in [0.1, 0.15) is 0 Å². The molecule has 0 aliphatic heterocycles. The molecule has 0 saturated heterocycles. The van der Waals surface area contributed by atoms with Crippen molar-refractivity contribution in [2.24, 2.45) is 0 Å². The second-order valence-electron chi connectivity index (χ2n) is 4.56. The van der Waals surface area contributed by atoms with E-state index in [4.69, 9.17) is 6.57 Å². The van der Waals surface area contributed by atoms with Crippen LogP contribution in [0.4, 0.5) is 0 Å². The van der Waals surface area contributed by atoms with Crippen LogP contribution in [0.3, 0.4) is 0 Å². The summed E-state index contributed by atoms with van der Waals surface area (Å²) in [5.41, 5.74) is 0.427. The minimum Gasteiger partial charge on any atom is -0.304 e. The number of rotatable bonds is 2. The van der Waals surface area contributed by atoms with Gasteiger partial charge in [-0.2, -0.15) is 5.10 Å². The summed E-state index contributed by atoms with van der Waals surface area (Å²) in [7, 11) is 0. The van der Waals surface area contributed by atoms with E-state index in [1.54, 1.807) is 0 Å². The highest BCUT2D eigenvalue weighted by Crippen LogP contribution is 2.34. The van der Waals surface area contributed by atoms with Gasteiger partial charge in [-0.05, 0) is 41.9 Å². The van der Waals surface area contributed by atoms with Crippen LogP contribution in [0.1, 0.15) is 44.8 Å². The highest BCUT2D eigenvalue weighted by molar-refractivity contribution is 14.1. The minimum absolute atomic E-state index is 0.495. The van der Waals surface area contributed by atoms with E-state index in [2.05, 4.69) is 38.7 Å². The van der Waals surface area contributed by atoms with Crippen LogP contribution >= 0.6 is 22.6 Å². The zero-order valence-electron chi connectivity index (χ0n) is 9.00. The summed E-state index contributed by atoms with van der Waals surface area (Å²) in [5, 5.41) is 4.57. The summed E-state index contributed by atoms with van der Waals surface area (Å²) < 4.78 is 3.16. The monoisotopic (exact) mass is 315 g/mol. The molecule has 1 aromatic rings. The Balaban J connectivity index is 2.33. The van der Waals surface area contributed by atoms with Crippen molar-refractivity contribution < 1.29 is 0 Å². The molecular weight excluding hydrogens is 301 g/mol. The number of nitrogens with zero attached hydrogens (tertiary/aromatic N) is 3. The van der Waals surface area contributed by atoms with Crippen molar-refractivity contribution in [2.45, 2.75) is 44.7 Å². The van der Waals surface area contributed by atoms with Crippen molar-refractivity contribution in [2.75, 3.05) is 0 Å². The quantitative estimate of drug-likeness (QED) is 0.606. The molecule has 2 rings (SSSR count). The van der Waals surface area contributed by atoms with Crippen molar-refractivity contribution in [1.82, 2.24) is 9.78 Å². The average Bonchev–Trinajstić information content (AvgIpc) is 2.45. The van der Waals surface area contributed by atoms with Gasteiger partial charge in [-0.1, -0.05) is 0 Å². The Bertz CT molecular complexity index is 410. The summed E-state index contributed by atoms with van der Waals surface area (Å²) in [6.45, 7) is 11.0. The summed E-state index contributed by atoms with van der Waals surface area (Å²) in [5.74, 6) is 0. The Labute approximate surface area is 104 Å². The summed E-state index contributed by atoms with van der Waals surface area (Å²) in [6, 6.07) is 0.578. The van der Waals surface area contributed by atoms with Gasteiger partial charge in [-0.25, -0.2) is 6.57 Å². The Kier molecular flexibility index (Phi) is 2.75. The average molecular weight is 315 g/mol. The fourth-order valence-corrected chi connectivity index (χ4v) is 2.73. The van der Waals surface area contributed by atoms with Crippen molar-refractivity contribution in [3.8, 4) is 0 Å². The molecule has 0 aromatic carbocycles. The van der Waals surface area contributed by atoms with Gasteiger partial charge >= 0.3 is 0 Å². The van der Waals surface area contributed by atoms with E-state index in [1.165, 1.54) is 19.3 Å². The lowest BCUT2D eigenvalue weighted by Crippen LogP contribution is -2.19. The highest BCUT2D eigenvalue weighted by atomic mass is 127. The first kappa shape index (κ1) is 10.9. The largest absolute Gasteiger partial charge is 0.304 e. The lowest BCUT2D eigenvalue weighted by atomic mass is 9.93. The molecule has 80 valence electrons. The molecule has 0 radical (unpaired) electrons. The first-order chi connectivity index (χ1) is 7.04. The number of hydrogen-bond donors (Lipinski definition) is 0. The second kappa shape index (κ2) is 3.78. The summed E-state index contributed by atoms with van der Waals surface area (Å²) >= 11 is 2.28. The third-order valence-corrected chi connectivity index (χ3v) is 3.78. The highest BCUT2D eigenvalue weighted by Gasteiger charge is 2.33. The van der Waals surface area contributed by atoms with Crippen molar-refractivity contribution in [3.63, 3.8) is 0 Å². The van der Waals surface area contributed by atoms with Crippen LogP contribution in [0.15, 0.2) is 6.20 Å². The molecule has 0 spiro atoms. The molecule has 3 nitrogen and oxygen atoms in total. The Morgan fingerprint density at radius 1 is 1.60 bits per heavy atom. The van der Waals surface area contributed by atoms with Crippen molar-refractivity contribution in [3.05, 3.63) is 26.9 Å². The molecule has 1 aliphatic carbocycles. The molecular formula is C11H14IN3. The van der Waals surface area contributed by atoms with Gasteiger partial charge in [0.25, 0.3) is 5.54 Å². The molecule has 0 amide bonds. The van der Waals surface area contributed by atoms with Gasteiger partial charge in [0.05, 0.1) is 9.61 Å². The SMILES string of the molecule is [C-]#[N+]C(C)(C)c1nn(C2CCC2)cc1I. The Morgan fingerprint density at radius 3 is 2.73 bits per heavy atom. The lowest BCUT2D eigenvalue weighted by Gasteiger charge is -2.25. The van der Waals surface area contributed by atoms with E-state index in [-0.39, 0.29) is 0 Å². The second-order valence-corrected chi connectivity index (χ2v) is 5.72. The number of halogens is 1. The zero-order valence-corrected chi connectivity index (χ0v) is 11.2. The molecule has 0 bridgehead atoms. The van der Waals surface area contributed by atoms with E-state index in [1.807, 2.05) is 18.5 Å². The van der Waals surface area contributed by atoms with Gasteiger partial charge in [0, 0.05) is 20.0 Å². The lowest BCUT2D eigenvalue weighted by molar-refractivity contribution is 0.286. The maximum absolute atomic E-state index is 7.19. The maximum atomic E-state index is 7.19. The molecule has 0 unspecified atom stereocenters. The van der Waals surface area contributed by atoms with Crippen molar-refractivity contribution >= 4 is 22.6 Å². The molecule has 1 heterocycles. The molecule has 4 heteroatoms. The maximum Gasteiger partial charge on any atom is 0.271 e. The molecule has 1 fully saturated rings.